The number of fused-ring (bicyclic) bond motifs is 1. The summed E-state index contributed by atoms with van der Waals surface area (Å²) in [6.45, 7) is 1.76. The molecule has 2 aromatic carbocycles. The summed E-state index contributed by atoms with van der Waals surface area (Å²) in [4.78, 5) is 50.8. The summed E-state index contributed by atoms with van der Waals surface area (Å²) in [6, 6.07) is 10.9. The topological polar surface area (TPSA) is 104 Å². The Labute approximate surface area is 173 Å². The van der Waals surface area contributed by atoms with Gasteiger partial charge in [-0.25, -0.2) is 4.79 Å². The van der Waals surface area contributed by atoms with Gasteiger partial charge in [0, 0.05) is 11.3 Å². The lowest BCUT2D eigenvalue weighted by Gasteiger charge is -2.19. The number of hydrogen-bond acceptors (Lipinski definition) is 4. The van der Waals surface area contributed by atoms with Crippen LogP contribution in [0.1, 0.15) is 52.0 Å². The average molecular weight is 406 g/mol. The van der Waals surface area contributed by atoms with Crippen LogP contribution in [0.5, 0.6) is 0 Å². The summed E-state index contributed by atoms with van der Waals surface area (Å²) in [5.41, 5.74) is 1.86. The van der Waals surface area contributed by atoms with Crippen LogP contribution in [0.3, 0.4) is 0 Å². The van der Waals surface area contributed by atoms with Crippen molar-refractivity contribution in [2.45, 2.75) is 32.6 Å². The Hall–Kier alpha value is -3.48. The fourth-order valence-electron chi connectivity index (χ4n) is 4.29. The monoisotopic (exact) mass is 406 g/mol. The molecular formula is C23H22N2O5. The standard InChI is InChI=1S/C23H22N2O5/c1-13-9-10-15(23(29)30)12-19(13)24-20(26)14-5-4-6-16(11-14)25-21(27)17-7-2-3-8-18(17)22(25)28/h4-6,9-12,17-18H,2-3,7-8H2,1H3,(H,24,26)(H,29,30)/t17-,18-/m0/s1. The van der Waals surface area contributed by atoms with E-state index in [2.05, 4.69) is 5.32 Å². The first-order chi connectivity index (χ1) is 14.4. The molecule has 0 aromatic heterocycles. The third-order valence-corrected chi connectivity index (χ3v) is 5.94. The smallest absolute Gasteiger partial charge is 0.335 e. The molecule has 30 heavy (non-hydrogen) atoms. The van der Waals surface area contributed by atoms with Crippen molar-refractivity contribution in [1.82, 2.24) is 0 Å². The van der Waals surface area contributed by atoms with E-state index >= 15 is 0 Å². The molecule has 4 rings (SSSR count). The summed E-state index contributed by atoms with van der Waals surface area (Å²) >= 11 is 0. The van der Waals surface area contributed by atoms with Gasteiger partial charge in [-0.05, 0) is 55.7 Å². The Morgan fingerprint density at radius 2 is 1.63 bits per heavy atom. The number of nitrogens with one attached hydrogen (secondary N) is 1. The van der Waals surface area contributed by atoms with Gasteiger partial charge in [-0.2, -0.15) is 0 Å². The molecule has 0 unspecified atom stereocenters. The van der Waals surface area contributed by atoms with Crippen LogP contribution in [0.2, 0.25) is 0 Å². The van der Waals surface area contributed by atoms with Gasteiger partial charge in [0.05, 0.1) is 23.1 Å². The third-order valence-electron chi connectivity index (χ3n) is 5.94. The van der Waals surface area contributed by atoms with E-state index < -0.39 is 11.9 Å². The highest BCUT2D eigenvalue weighted by atomic mass is 16.4. The van der Waals surface area contributed by atoms with E-state index in [0.29, 0.717) is 11.4 Å². The predicted molar refractivity (Wildman–Crippen MR) is 110 cm³/mol. The number of amides is 3. The number of imide groups is 1. The minimum absolute atomic E-state index is 0.0699. The maximum Gasteiger partial charge on any atom is 0.335 e. The van der Waals surface area contributed by atoms with E-state index in [4.69, 9.17) is 5.11 Å². The summed E-state index contributed by atoms with van der Waals surface area (Å²) < 4.78 is 0. The highest BCUT2D eigenvalue weighted by molar-refractivity contribution is 6.22. The number of anilines is 2. The van der Waals surface area contributed by atoms with Crippen LogP contribution in [-0.2, 0) is 9.59 Å². The van der Waals surface area contributed by atoms with Crippen LogP contribution < -0.4 is 10.2 Å². The number of hydrogen-bond donors (Lipinski definition) is 2. The maximum absolute atomic E-state index is 12.8. The summed E-state index contributed by atoms with van der Waals surface area (Å²) in [7, 11) is 0. The minimum atomic E-state index is -1.08. The Morgan fingerprint density at radius 1 is 0.967 bits per heavy atom. The van der Waals surface area contributed by atoms with Gasteiger partial charge < -0.3 is 10.4 Å². The number of aromatic carboxylic acids is 1. The number of carboxylic acids is 1. The van der Waals surface area contributed by atoms with Crippen molar-refractivity contribution in [2.75, 3.05) is 10.2 Å². The lowest BCUT2D eigenvalue weighted by atomic mass is 9.81. The van der Waals surface area contributed by atoms with Crippen LogP contribution in [0.15, 0.2) is 42.5 Å². The van der Waals surface area contributed by atoms with Gasteiger partial charge in [0.15, 0.2) is 0 Å². The van der Waals surface area contributed by atoms with E-state index in [1.807, 2.05) is 0 Å². The number of benzene rings is 2. The molecule has 2 atom stereocenters. The van der Waals surface area contributed by atoms with Crippen molar-refractivity contribution in [3.8, 4) is 0 Å². The fourth-order valence-corrected chi connectivity index (χ4v) is 4.29. The van der Waals surface area contributed by atoms with Crippen molar-refractivity contribution >= 4 is 35.1 Å². The lowest BCUT2D eigenvalue weighted by Crippen LogP contribution is -2.31. The number of carboxylic acid groups (broad SMARTS) is 1. The minimum Gasteiger partial charge on any atom is -0.478 e. The first kappa shape index (κ1) is 19.8. The molecule has 7 heteroatoms. The molecule has 1 aliphatic heterocycles. The van der Waals surface area contributed by atoms with Crippen LogP contribution in [0, 0.1) is 18.8 Å². The van der Waals surface area contributed by atoms with Crippen molar-refractivity contribution in [3.63, 3.8) is 0 Å². The first-order valence-corrected chi connectivity index (χ1v) is 10.00. The molecule has 1 saturated carbocycles. The molecule has 0 bridgehead atoms. The average Bonchev–Trinajstić information content (AvgIpc) is 3.00. The van der Waals surface area contributed by atoms with Crippen molar-refractivity contribution in [1.29, 1.82) is 0 Å². The zero-order chi connectivity index (χ0) is 21.4. The van der Waals surface area contributed by atoms with Crippen LogP contribution in [0.4, 0.5) is 11.4 Å². The zero-order valence-corrected chi connectivity index (χ0v) is 16.6. The summed E-state index contributed by atoms with van der Waals surface area (Å²) in [5, 5.41) is 11.9. The number of carbonyl (C=O) groups excluding carboxylic acids is 3. The van der Waals surface area contributed by atoms with Gasteiger partial charge >= 0.3 is 5.97 Å². The Morgan fingerprint density at radius 3 is 2.27 bits per heavy atom. The van der Waals surface area contributed by atoms with Crippen molar-refractivity contribution in [2.24, 2.45) is 11.8 Å². The Bertz CT molecular complexity index is 1040. The van der Waals surface area contributed by atoms with Gasteiger partial charge in [-0.3, -0.25) is 19.3 Å². The van der Waals surface area contributed by atoms with Crippen molar-refractivity contribution in [3.05, 3.63) is 59.2 Å². The SMILES string of the molecule is Cc1ccc(C(=O)O)cc1NC(=O)c1cccc(N2C(=O)[C@H]3CCCC[C@@H]3C2=O)c1. The van der Waals surface area contributed by atoms with Gasteiger partial charge in [0.1, 0.15) is 0 Å². The molecule has 2 fully saturated rings. The number of carbonyl (C=O) groups is 4. The van der Waals surface area contributed by atoms with E-state index in [1.54, 1.807) is 31.2 Å². The second kappa shape index (κ2) is 7.74. The lowest BCUT2D eigenvalue weighted by molar-refractivity contribution is -0.122. The van der Waals surface area contributed by atoms with Gasteiger partial charge in [0.2, 0.25) is 11.8 Å². The Balaban J connectivity index is 1.59. The normalized spacial score (nSPS) is 20.8. The van der Waals surface area contributed by atoms with Gasteiger partial charge in [0.25, 0.3) is 5.91 Å². The number of aryl methyl sites for hydroxylation is 1. The number of rotatable bonds is 4. The molecule has 1 heterocycles. The van der Waals surface area contributed by atoms with Gasteiger partial charge in [-0.1, -0.05) is 25.0 Å². The molecule has 2 aromatic rings. The molecule has 1 saturated heterocycles. The van der Waals surface area contributed by atoms with Gasteiger partial charge in [-0.15, -0.1) is 0 Å². The van der Waals surface area contributed by atoms with Crippen LogP contribution in [0.25, 0.3) is 0 Å². The van der Waals surface area contributed by atoms with Crippen molar-refractivity contribution < 1.29 is 24.3 Å². The molecule has 1 aliphatic carbocycles. The quantitative estimate of drug-likeness (QED) is 0.755. The molecule has 7 nitrogen and oxygen atoms in total. The molecule has 0 spiro atoms. The van der Waals surface area contributed by atoms with E-state index in [1.165, 1.54) is 23.1 Å². The molecule has 2 aliphatic rings. The fraction of sp³-hybridized carbons (Fsp3) is 0.304. The van der Waals surface area contributed by atoms with Crippen LogP contribution >= 0.6 is 0 Å². The second-order valence-electron chi connectivity index (χ2n) is 7.85. The van der Waals surface area contributed by atoms with E-state index in [9.17, 15) is 19.2 Å². The first-order valence-electron chi connectivity index (χ1n) is 10.00. The molecule has 0 radical (unpaired) electrons. The molecule has 154 valence electrons. The second-order valence-corrected chi connectivity index (χ2v) is 7.85. The molecule has 2 N–H and O–H groups in total. The highest BCUT2D eigenvalue weighted by Gasteiger charge is 2.48. The predicted octanol–water partition coefficient (Wildman–Crippen LogP) is 3.63. The van der Waals surface area contributed by atoms with E-state index in [-0.39, 0.29) is 34.8 Å². The van der Waals surface area contributed by atoms with Crippen LogP contribution in [-0.4, -0.2) is 28.8 Å². The zero-order valence-electron chi connectivity index (χ0n) is 16.6. The van der Waals surface area contributed by atoms with E-state index in [0.717, 1.165) is 31.2 Å². The maximum atomic E-state index is 12.8. The molecular weight excluding hydrogens is 384 g/mol. The Kier molecular flexibility index (Phi) is 5.11. The summed E-state index contributed by atoms with van der Waals surface area (Å²) in [5.74, 6) is -2.42. The third kappa shape index (κ3) is 3.47. The summed E-state index contributed by atoms with van der Waals surface area (Å²) in [6.07, 6.45) is 3.35. The molecule has 3 amide bonds. The highest BCUT2D eigenvalue weighted by Crippen LogP contribution is 2.40. The number of nitrogens with zero attached hydrogens (tertiary/aromatic N) is 1. The largest absolute Gasteiger partial charge is 0.478 e.